The number of methoxy groups -OCH3 is 2. The van der Waals surface area contributed by atoms with Gasteiger partial charge in [-0.25, -0.2) is 9.37 Å². The predicted octanol–water partition coefficient (Wildman–Crippen LogP) is 3.78. The van der Waals surface area contributed by atoms with E-state index in [2.05, 4.69) is 15.6 Å². The molecule has 0 radical (unpaired) electrons. The van der Waals surface area contributed by atoms with E-state index < -0.39 is 0 Å². The monoisotopic (exact) mass is 395 g/mol. The zero-order valence-corrected chi connectivity index (χ0v) is 16.2. The minimum Gasteiger partial charge on any atom is -0.493 e. The Kier molecular flexibility index (Phi) is 6.63. The normalized spacial score (nSPS) is 10.3. The van der Waals surface area contributed by atoms with E-state index in [1.807, 2.05) is 12.1 Å². The summed E-state index contributed by atoms with van der Waals surface area (Å²) in [6, 6.07) is 15.4. The van der Waals surface area contributed by atoms with E-state index in [9.17, 15) is 9.18 Å². The number of halogens is 1. The number of nitrogens with zero attached hydrogens (tertiary/aromatic N) is 1. The van der Waals surface area contributed by atoms with Gasteiger partial charge in [0, 0.05) is 18.7 Å². The fraction of sp³-hybridized carbons (Fsp3) is 0.182. The van der Waals surface area contributed by atoms with E-state index >= 15 is 0 Å². The molecule has 0 atom stereocenters. The molecule has 2 aromatic carbocycles. The molecule has 2 N–H and O–H groups in total. The Morgan fingerprint density at radius 2 is 1.79 bits per heavy atom. The van der Waals surface area contributed by atoms with Crippen LogP contribution in [0.25, 0.3) is 0 Å². The Labute approximate surface area is 168 Å². The lowest BCUT2D eigenvalue weighted by Gasteiger charge is -2.11. The van der Waals surface area contributed by atoms with Crippen molar-refractivity contribution in [3.63, 3.8) is 0 Å². The van der Waals surface area contributed by atoms with Gasteiger partial charge in [0.25, 0.3) is 5.91 Å². The van der Waals surface area contributed by atoms with Crippen molar-refractivity contribution in [2.75, 3.05) is 19.5 Å². The van der Waals surface area contributed by atoms with Crippen LogP contribution in [0.5, 0.6) is 11.5 Å². The van der Waals surface area contributed by atoms with Crippen LogP contribution in [0.3, 0.4) is 0 Å². The quantitative estimate of drug-likeness (QED) is 0.607. The summed E-state index contributed by atoms with van der Waals surface area (Å²) < 4.78 is 24.1. The molecule has 7 heteroatoms. The van der Waals surface area contributed by atoms with Gasteiger partial charge in [-0.05, 0) is 35.9 Å². The summed E-state index contributed by atoms with van der Waals surface area (Å²) in [5.74, 6) is 0.671. The first-order valence-corrected chi connectivity index (χ1v) is 9.03. The molecule has 0 fully saturated rings. The summed E-state index contributed by atoms with van der Waals surface area (Å²) in [4.78, 5) is 16.5. The Balaban J connectivity index is 1.55. The number of amides is 1. The number of carbonyl (C=O) groups excluding carboxylic acids is 1. The van der Waals surface area contributed by atoms with E-state index in [4.69, 9.17) is 9.47 Å². The molecule has 0 unspecified atom stereocenters. The van der Waals surface area contributed by atoms with Crippen molar-refractivity contribution in [1.29, 1.82) is 0 Å². The summed E-state index contributed by atoms with van der Waals surface area (Å²) >= 11 is 0. The molecular formula is C22H22FN3O3. The topological polar surface area (TPSA) is 72.5 Å². The minimum absolute atomic E-state index is 0.265. The number of ether oxygens (including phenoxy) is 2. The fourth-order valence-corrected chi connectivity index (χ4v) is 2.74. The van der Waals surface area contributed by atoms with Crippen LogP contribution in [0.1, 0.15) is 21.6 Å². The third-order valence-corrected chi connectivity index (χ3v) is 4.34. The fourth-order valence-electron chi connectivity index (χ4n) is 2.74. The Morgan fingerprint density at radius 1 is 1.00 bits per heavy atom. The zero-order valence-electron chi connectivity index (χ0n) is 16.2. The summed E-state index contributed by atoms with van der Waals surface area (Å²) in [7, 11) is 3.13. The molecule has 0 saturated carbocycles. The third kappa shape index (κ3) is 5.22. The first kappa shape index (κ1) is 20.1. The summed E-state index contributed by atoms with van der Waals surface area (Å²) in [5, 5.41) is 5.91. The van der Waals surface area contributed by atoms with E-state index in [0.717, 1.165) is 5.56 Å². The zero-order chi connectivity index (χ0) is 20.6. The predicted molar refractivity (Wildman–Crippen MR) is 109 cm³/mol. The van der Waals surface area contributed by atoms with Crippen molar-refractivity contribution in [3.8, 4) is 11.5 Å². The highest BCUT2D eigenvalue weighted by Gasteiger charge is 2.09. The number of carbonyl (C=O) groups is 1. The second kappa shape index (κ2) is 9.54. The molecule has 29 heavy (non-hydrogen) atoms. The SMILES string of the molecule is COc1ccc(CNC(=O)c2ccc(NCc3ccccc3F)cn2)cc1OC. The van der Waals surface area contributed by atoms with Gasteiger partial charge in [-0.15, -0.1) is 0 Å². The summed E-state index contributed by atoms with van der Waals surface area (Å²) in [5.41, 5.74) is 2.43. The van der Waals surface area contributed by atoms with Gasteiger partial charge in [-0.1, -0.05) is 24.3 Å². The number of rotatable bonds is 8. The van der Waals surface area contributed by atoms with Gasteiger partial charge in [0.15, 0.2) is 11.5 Å². The summed E-state index contributed by atoms with van der Waals surface area (Å²) in [6.45, 7) is 0.660. The molecule has 150 valence electrons. The van der Waals surface area contributed by atoms with Crippen LogP contribution in [0.2, 0.25) is 0 Å². The highest BCUT2D eigenvalue weighted by Crippen LogP contribution is 2.27. The lowest BCUT2D eigenvalue weighted by molar-refractivity contribution is 0.0946. The Hall–Kier alpha value is -3.61. The van der Waals surface area contributed by atoms with Crippen molar-refractivity contribution in [2.24, 2.45) is 0 Å². The molecular weight excluding hydrogens is 373 g/mol. The van der Waals surface area contributed by atoms with Crippen molar-refractivity contribution in [3.05, 3.63) is 83.4 Å². The molecule has 1 aromatic heterocycles. The maximum absolute atomic E-state index is 13.7. The largest absolute Gasteiger partial charge is 0.493 e. The summed E-state index contributed by atoms with van der Waals surface area (Å²) in [6.07, 6.45) is 1.55. The second-order valence-electron chi connectivity index (χ2n) is 6.25. The molecule has 0 spiro atoms. The van der Waals surface area contributed by atoms with E-state index in [0.29, 0.717) is 41.5 Å². The number of hydrogen-bond donors (Lipinski definition) is 2. The van der Waals surface area contributed by atoms with Crippen molar-refractivity contribution in [2.45, 2.75) is 13.1 Å². The maximum Gasteiger partial charge on any atom is 0.270 e. The highest BCUT2D eigenvalue weighted by molar-refractivity contribution is 5.92. The molecule has 1 heterocycles. The van der Waals surface area contributed by atoms with Crippen molar-refractivity contribution in [1.82, 2.24) is 10.3 Å². The average molecular weight is 395 g/mol. The van der Waals surface area contributed by atoms with E-state index in [-0.39, 0.29) is 11.7 Å². The van der Waals surface area contributed by atoms with Gasteiger partial charge in [0.2, 0.25) is 0 Å². The van der Waals surface area contributed by atoms with Gasteiger partial charge in [-0.3, -0.25) is 4.79 Å². The molecule has 0 aliphatic heterocycles. The molecule has 0 aliphatic rings. The van der Waals surface area contributed by atoms with Gasteiger partial charge < -0.3 is 20.1 Å². The molecule has 0 aliphatic carbocycles. The van der Waals surface area contributed by atoms with E-state index in [1.54, 1.807) is 56.8 Å². The van der Waals surface area contributed by atoms with Gasteiger partial charge in [-0.2, -0.15) is 0 Å². The van der Waals surface area contributed by atoms with E-state index in [1.165, 1.54) is 6.07 Å². The number of benzene rings is 2. The van der Waals surface area contributed by atoms with Crippen LogP contribution in [0, 0.1) is 5.82 Å². The third-order valence-electron chi connectivity index (χ3n) is 4.34. The van der Waals surface area contributed by atoms with Gasteiger partial charge >= 0.3 is 0 Å². The van der Waals surface area contributed by atoms with Gasteiger partial charge in [0.1, 0.15) is 11.5 Å². The average Bonchev–Trinajstić information content (AvgIpc) is 2.77. The number of aromatic nitrogens is 1. The van der Waals surface area contributed by atoms with Crippen LogP contribution in [-0.2, 0) is 13.1 Å². The molecule has 1 amide bonds. The first-order chi connectivity index (χ1) is 14.1. The number of nitrogens with one attached hydrogen (secondary N) is 2. The number of pyridine rings is 1. The molecule has 3 aromatic rings. The molecule has 3 rings (SSSR count). The van der Waals surface area contributed by atoms with Crippen molar-refractivity contribution < 1.29 is 18.7 Å². The lowest BCUT2D eigenvalue weighted by Crippen LogP contribution is -2.23. The van der Waals surface area contributed by atoms with Crippen molar-refractivity contribution >= 4 is 11.6 Å². The van der Waals surface area contributed by atoms with Gasteiger partial charge in [0.05, 0.1) is 26.1 Å². The highest BCUT2D eigenvalue weighted by atomic mass is 19.1. The van der Waals surface area contributed by atoms with Crippen LogP contribution in [0.15, 0.2) is 60.8 Å². The molecule has 6 nitrogen and oxygen atoms in total. The maximum atomic E-state index is 13.7. The van der Waals surface area contributed by atoms with Crippen LogP contribution in [0.4, 0.5) is 10.1 Å². The number of anilines is 1. The van der Waals surface area contributed by atoms with Crippen LogP contribution < -0.4 is 20.1 Å². The second-order valence-corrected chi connectivity index (χ2v) is 6.25. The molecule has 0 bridgehead atoms. The number of hydrogen-bond acceptors (Lipinski definition) is 5. The smallest absolute Gasteiger partial charge is 0.270 e. The van der Waals surface area contributed by atoms with Crippen LogP contribution in [-0.4, -0.2) is 25.1 Å². The Bertz CT molecular complexity index is 977. The Morgan fingerprint density at radius 3 is 2.48 bits per heavy atom. The minimum atomic E-state index is -0.291. The van der Waals surface area contributed by atoms with Crippen LogP contribution >= 0.6 is 0 Å². The molecule has 0 saturated heterocycles. The standard InChI is InChI=1S/C22H22FN3O3/c1-28-20-10-7-15(11-21(20)29-2)12-26-22(27)19-9-8-17(14-25-19)24-13-16-5-3-4-6-18(16)23/h3-11,14,24H,12-13H2,1-2H3,(H,26,27). The first-order valence-electron chi connectivity index (χ1n) is 9.03. The lowest BCUT2D eigenvalue weighted by atomic mass is 10.2.